The Kier molecular flexibility index (Phi) is 8.68. The Morgan fingerprint density at radius 2 is 1.71 bits per heavy atom. The number of hydrazone groups is 1. The lowest BCUT2D eigenvalue weighted by Gasteiger charge is -2.15. The number of halogens is 1. The second-order valence-electron chi connectivity index (χ2n) is 6.38. The molecule has 0 radical (unpaired) electrons. The molecule has 0 saturated carbocycles. The van der Waals surface area contributed by atoms with Crippen LogP contribution >= 0.6 is 15.9 Å². The summed E-state index contributed by atoms with van der Waals surface area (Å²) in [4.78, 5) is 25.5. The van der Waals surface area contributed by atoms with Crippen LogP contribution in [0, 0.1) is 0 Å². The normalized spacial score (nSPS) is 10.5. The summed E-state index contributed by atoms with van der Waals surface area (Å²) < 4.78 is 21.9. The number of likely N-dealkylation sites (N-methyl/N-ethyl adjacent to an activating group) is 1. The topological polar surface area (TPSA) is 98.7 Å². The van der Waals surface area contributed by atoms with Gasteiger partial charge in [0.15, 0.2) is 29.6 Å². The van der Waals surface area contributed by atoms with E-state index in [1.54, 1.807) is 44.4 Å². The molecular formula is C21H24BrN3O6. The lowest BCUT2D eigenvalue weighted by molar-refractivity contribution is -0.130. The van der Waals surface area contributed by atoms with E-state index in [4.69, 9.17) is 18.9 Å². The fourth-order valence-electron chi connectivity index (χ4n) is 2.42. The first-order valence-corrected chi connectivity index (χ1v) is 9.85. The second-order valence-corrected chi connectivity index (χ2v) is 7.23. The van der Waals surface area contributed by atoms with Gasteiger partial charge in [-0.2, -0.15) is 5.10 Å². The Balaban J connectivity index is 2.11. The number of rotatable bonds is 9. The van der Waals surface area contributed by atoms with E-state index >= 15 is 0 Å². The van der Waals surface area contributed by atoms with Gasteiger partial charge in [0.1, 0.15) is 0 Å². The van der Waals surface area contributed by atoms with E-state index in [9.17, 15) is 9.59 Å². The number of carbonyl (C=O) groups is 2. The molecule has 0 aliphatic carbocycles. The lowest BCUT2D eigenvalue weighted by atomic mass is 10.2. The van der Waals surface area contributed by atoms with Gasteiger partial charge in [0.05, 0.1) is 32.0 Å². The first-order valence-electron chi connectivity index (χ1n) is 9.06. The maximum Gasteiger partial charge on any atom is 0.271 e. The predicted octanol–water partition coefficient (Wildman–Crippen LogP) is 2.71. The van der Waals surface area contributed by atoms with Crippen molar-refractivity contribution >= 4 is 34.0 Å². The van der Waals surface area contributed by atoms with Gasteiger partial charge in [0, 0.05) is 19.7 Å². The van der Waals surface area contributed by atoms with Crippen LogP contribution in [0.5, 0.6) is 23.0 Å². The van der Waals surface area contributed by atoms with Crippen molar-refractivity contribution in [2.24, 2.45) is 5.10 Å². The third-order valence-corrected chi connectivity index (χ3v) is 4.71. The third-order valence-electron chi connectivity index (χ3n) is 4.12. The van der Waals surface area contributed by atoms with E-state index in [1.807, 2.05) is 0 Å². The fourth-order valence-corrected chi connectivity index (χ4v) is 3.00. The number of hydrogen-bond acceptors (Lipinski definition) is 7. The zero-order valence-electron chi connectivity index (χ0n) is 17.9. The van der Waals surface area contributed by atoms with Crippen LogP contribution in [0.25, 0.3) is 0 Å². The van der Waals surface area contributed by atoms with Crippen molar-refractivity contribution in [3.05, 3.63) is 45.9 Å². The molecule has 0 aromatic heterocycles. The molecule has 2 aromatic rings. The van der Waals surface area contributed by atoms with Gasteiger partial charge in [-0.05, 0) is 51.8 Å². The van der Waals surface area contributed by atoms with Gasteiger partial charge in [-0.1, -0.05) is 0 Å². The molecule has 31 heavy (non-hydrogen) atoms. The van der Waals surface area contributed by atoms with E-state index in [1.165, 1.54) is 32.4 Å². The fraction of sp³-hybridized carbons (Fsp3) is 0.286. The summed E-state index contributed by atoms with van der Waals surface area (Å²) >= 11 is 3.41. The molecule has 0 fully saturated rings. The van der Waals surface area contributed by atoms with Crippen molar-refractivity contribution in [3.63, 3.8) is 0 Å². The molecule has 166 valence electrons. The molecule has 2 rings (SSSR count). The summed E-state index contributed by atoms with van der Waals surface area (Å²) in [7, 11) is 7.79. The molecule has 0 spiro atoms. The van der Waals surface area contributed by atoms with Crippen molar-refractivity contribution in [3.8, 4) is 23.0 Å². The van der Waals surface area contributed by atoms with E-state index in [0.29, 0.717) is 38.6 Å². The molecule has 10 heteroatoms. The highest BCUT2D eigenvalue weighted by Crippen LogP contribution is 2.36. The molecular weight excluding hydrogens is 470 g/mol. The minimum atomic E-state index is -0.412. The highest BCUT2D eigenvalue weighted by atomic mass is 79.9. The molecule has 0 heterocycles. The standard InChI is InChI=1S/C21H24BrN3O6/c1-25(2)19(26)12-31-20-15(22)8-13(9-18(20)30-5)11-23-24-21(27)14-6-7-16(28-3)17(10-14)29-4/h6-11H,12H2,1-5H3,(H,24,27). The van der Waals surface area contributed by atoms with Crippen LogP contribution in [0.3, 0.4) is 0 Å². The quantitative estimate of drug-likeness (QED) is 0.425. The molecule has 0 saturated heterocycles. The number of methoxy groups -OCH3 is 3. The van der Waals surface area contributed by atoms with Crippen LogP contribution < -0.4 is 24.4 Å². The van der Waals surface area contributed by atoms with Gasteiger partial charge < -0.3 is 23.8 Å². The molecule has 0 aliphatic rings. The Hall–Kier alpha value is -3.27. The van der Waals surface area contributed by atoms with Crippen molar-refractivity contribution in [1.82, 2.24) is 10.3 Å². The number of nitrogens with one attached hydrogen (secondary N) is 1. The molecule has 0 atom stereocenters. The van der Waals surface area contributed by atoms with Gasteiger partial charge in [-0.25, -0.2) is 5.43 Å². The molecule has 0 aliphatic heterocycles. The van der Waals surface area contributed by atoms with Gasteiger partial charge in [0.25, 0.3) is 11.8 Å². The molecule has 2 amide bonds. The third kappa shape index (κ3) is 6.35. The average Bonchev–Trinajstić information content (AvgIpc) is 2.76. The molecule has 0 bridgehead atoms. The van der Waals surface area contributed by atoms with Crippen molar-refractivity contribution < 1.29 is 28.5 Å². The van der Waals surface area contributed by atoms with Crippen LogP contribution in [0.1, 0.15) is 15.9 Å². The molecule has 0 unspecified atom stereocenters. The minimum absolute atomic E-state index is 0.128. The first-order chi connectivity index (χ1) is 14.8. The average molecular weight is 494 g/mol. The monoisotopic (exact) mass is 493 g/mol. The number of carbonyl (C=O) groups excluding carboxylic acids is 2. The SMILES string of the molecule is COc1ccc(C(=O)NN=Cc2cc(Br)c(OCC(=O)N(C)C)c(OC)c2)cc1OC. The van der Waals surface area contributed by atoms with Gasteiger partial charge in [-0.3, -0.25) is 9.59 Å². The van der Waals surface area contributed by atoms with Crippen LogP contribution in [0.15, 0.2) is 39.9 Å². The van der Waals surface area contributed by atoms with E-state index in [-0.39, 0.29) is 12.5 Å². The maximum atomic E-state index is 12.3. The smallest absolute Gasteiger partial charge is 0.271 e. The van der Waals surface area contributed by atoms with Crippen LogP contribution in [0.4, 0.5) is 0 Å². The summed E-state index contributed by atoms with van der Waals surface area (Å²) in [6.45, 7) is -0.128. The molecule has 9 nitrogen and oxygen atoms in total. The van der Waals surface area contributed by atoms with Crippen molar-refractivity contribution in [1.29, 1.82) is 0 Å². The predicted molar refractivity (Wildman–Crippen MR) is 119 cm³/mol. The summed E-state index contributed by atoms with van der Waals surface area (Å²) in [5.41, 5.74) is 3.46. The zero-order valence-corrected chi connectivity index (χ0v) is 19.5. The largest absolute Gasteiger partial charge is 0.493 e. The summed E-state index contributed by atoms with van der Waals surface area (Å²) in [5, 5.41) is 3.99. The highest BCUT2D eigenvalue weighted by molar-refractivity contribution is 9.10. The number of benzene rings is 2. The second kappa shape index (κ2) is 11.2. The number of nitrogens with zero attached hydrogens (tertiary/aromatic N) is 2. The first kappa shape index (κ1) is 24.0. The summed E-state index contributed by atoms with van der Waals surface area (Å²) in [6, 6.07) is 8.20. The van der Waals surface area contributed by atoms with Gasteiger partial charge in [0.2, 0.25) is 0 Å². The van der Waals surface area contributed by atoms with E-state index in [0.717, 1.165) is 0 Å². The van der Waals surface area contributed by atoms with E-state index in [2.05, 4.69) is 26.5 Å². The lowest BCUT2D eigenvalue weighted by Crippen LogP contribution is -2.27. The van der Waals surface area contributed by atoms with Crippen LogP contribution in [0.2, 0.25) is 0 Å². The van der Waals surface area contributed by atoms with Crippen LogP contribution in [-0.2, 0) is 4.79 Å². The zero-order chi connectivity index (χ0) is 23.0. The number of amides is 2. The Morgan fingerprint density at radius 3 is 2.32 bits per heavy atom. The van der Waals surface area contributed by atoms with Crippen LogP contribution in [-0.4, -0.2) is 65.0 Å². The van der Waals surface area contributed by atoms with Crippen molar-refractivity contribution in [2.75, 3.05) is 42.0 Å². The Labute approximate surface area is 189 Å². The molecule has 2 aromatic carbocycles. The van der Waals surface area contributed by atoms with E-state index < -0.39 is 5.91 Å². The number of ether oxygens (including phenoxy) is 4. The number of hydrogen-bond donors (Lipinski definition) is 1. The summed E-state index contributed by atoms with van der Waals surface area (Å²) in [5.74, 6) is 1.17. The Bertz CT molecular complexity index is 978. The Morgan fingerprint density at radius 1 is 1.03 bits per heavy atom. The highest BCUT2D eigenvalue weighted by Gasteiger charge is 2.14. The summed E-state index contributed by atoms with van der Waals surface area (Å²) in [6.07, 6.45) is 1.46. The molecule has 1 N–H and O–H groups in total. The van der Waals surface area contributed by atoms with Crippen molar-refractivity contribution in [2.45, 2.75) is 0 Å². The minimum Gasteiger partial charge on any atom is -0.493 e. The van der Waals surface area contributed by atoms with Gasteiger partial charge >= 0.3 is 0 Å². The van der Waals surface area contributed by atoms with Gasteiger partial charge in [-0.15, -0.1) is 0 Å². The maximum absolute atomic E-state index is 12.3.